The second kappa shape index (κ2) is 7.10. The number of benzene rings is 1. The van der Waals surface area contributed by atoms with E-state index in [1.807, 2.05) is 0 Å². The van der Waals surface area contributed by atoms with Gasteiger partial charge < -0.3 is 20.3 Å². The first kappa shape index (κ1) is 15.5. The molecule has 0 fully saturated rings. The Morgan fingerprint density at radius 1 is 1.47 bits per heavy atom. The fourth-order valence-electron chi connectivity index (χ4n) is 1.31. The highest BCUT2D eigenvalue weighted by molar-refractivity contribution is 9.10. The lowest BCUT2D eigenvalue weighted by molar-refractivity contribution is -0.145. The molecule has 0 spiro atoms. The fraction of sp³-hybridized carbons (Fsp3) is 0.333. The molecule has 0 bridgehead atoms. The number of aliphatic hydroxyl groups is 1. The molecule has 104 valence electrons. The van der Waals surface area contributed by atoms with Crippen LogP contribution in [0.15, 0.2) is 28.7 Å². The van der Waals surface area contributed by atoms with Gasteiger partial charge in [0.15, 0.2) is 12.6 Å². The van der Waals surface area contributed by atoms with E-state index >= 15 is 0 Å². The van der Waals surface area contributed by atoms with Crippen molar-refractivity contribution < 1.29 is 24.5 Å². The van der Waals surface area contributed by atoms with E-state index in [-0.39, 0.29) is 6.61 Å². The van der Waals surface area contributed by atoms with Crippen LogP contribution in [-0.2, 0) is 9.59 Å². The Labute approximate surface area is 118 Å². The molecule has 2 atom stereocenters. The zero-order valence-electron chi connectivity index (χ0n) is 10.2. The SMILES string of the molecule is CC(O)C(NC(=O)COc1cccc(Br)c1)C(=O)O. The normalized spacial score (nSPS) is 13.4. The minimum atomic E-state index is -1.35. The molecule has 3 N–H and O–H groups in total. The van der Waals surface area contributed by atoms with Gasteiger partial charge in [-0.3, -0.25) is 4.79 Å². The van der Waals surface area contributed by atoms with Crippen molar-refractivity contribution in [3.05, 3.63) is 28.7 Å². The molecule has 6 nitrogen and oxygen atoms in total. The standard InChI is InChI=1S/C12H14BrNO5/c1-7(15)11(12(17)18)14-10(16)6-19-9-4-2-3-8(13)5-9/h2-5,7,11,15H,6H2,1H3,(H,14,16)(H,17,18). The number of carboxylic acid groups (broad SMARTS) is 1. The number of halogens is 1. The lowest BCUT2D eigenvalue weighted by atomic mass is 10.2. The van der Waals surface area contributed by atoms with Crippen LogP contribution in [-0.4, -0.2) is 40.8 Å². The van der Waals surface area contributed by atoms with Crippen LogP contribution in [0.2, 0.25) is 0 Å². The Morgan fingerprint density at radius 3 is 2.68 bits per heavy atom. The van der Waals surface area contributed by atoms with Crippen LogP contribution < -0.4 is 10.1 Å². The molecule has 0 saturated heterocycles. The molecular weight excluding hydrogens is 318 g/mol. The lowest BCUT2D eigenvalue weighted by Gasteiger charge is -2.17. The van der Waals surface area contributed by atoms with Gasteiger partial charge in [-0.2, -0.15) is 0 Å². The molecule has 1 rings (SSSR count). The van der Waals surface area contributed by atoms with Crippen LogP contribution >= 0.6 is 15.9 Å². The number of nitrogens with one attached hydrogen (secondary N) is 1. The summed E-state index contributed by atoms with van der Waals surface area (Å²) in [6.45, 7) is 0.960. The van der Waals surface area contributed by atoms with Gasteiger partial charge in [0, 0.05) is 4.47 Å². The Morgan fingerprint density at radius 2 is 2.16 bits per heavy atom. The lowest BCUT2D eigenvalue weighted by Crippen LogP contribution is -2.49. The molecule has 0 aromatic heterocycles. The van der Waals surface area contributed by atoms with Crippen molar-refractivity contribution in [2.45, 2.75) is 19.1 Å². The van der Waals surface area contributed by atoms with E-state index < -0.39 is 24.0 Å². The molecule has 0 radical (unpaired) electrons. The number of aliphatic carboxylic acids is 1. The second-order valence-electron chi connectivity index (χ2n) is 3.87. The third kappa shape index (κ3) is 5.27. The van der Waals surface area contributed by atoms with Gasteiger partial charge in [0.1, 0.15) is 5.75 Å². The van der Waals surface area contributed by atoms with Crippen molar-refractivity contribution in [2.75, 3.05) is 6.61 Å². The minimum absolute atomic E-state index is 0.326. The predicted molar refractivity (Wildman–Crippen MR) is 70.9 cm³/mol. The monoisotopic (exact) mass is 331 g/mol. The van der Waals surface area contributed by atoms with Crippen LogP contribution in [0.25, 0.3) is 0 Å². The molecule has 2 unspecified atom stereocenters. The number of carboxylic acids is 1. The summed E-state index contributed by atoms with van der Waals surface area (Å²) in [4.78, 5) is 22.3. The molecular formula is C12H14BrNO5. The molecule has 0 aliphatic rings. The van der Waals surface area contributed by atoms with Crippen molar-refractivity contribution in [1.29, 1.82) is 0 Å². The topological polar surface area (TPSA) is 95.9 Å². The summed E-state index contributed by atoms with van der Waals surface area (Å²) in [7, 11) is 0. The van der Waals surface area contributed by atoms with Gasteiger partial charge in [-0.05, 0) is 25.1 Å². The molecule has 1 amide bonds. The van der Waals surface area contributed by atoms with E-state index in [0.717, 1.165) is 4.47 Å². The number of amides is 1. The summed E-state index contributed by atoms with van der Waals surface area (Å²) in [5.41, 5.74) is 0. The number of carbonyl (C=O) groups is 2. The highest BCUT2D eigenvalue weighted by atomic mass is 79.9. The van der Waals surface area contributed by atoms with E-state index in [9.17, 15) is 14.7 Å². The number of rotatable bonds is 6. The third-order valence-electron chi connectivity index (χ3n) is 2.23. The minimum Gasteiger partial charge on any atom is -0.484 e. The Bertz CT molecular complexity index is 463. The molecule has 0 aliphatic carbocycles. The van der Waals surface area contributed by atoms with Gasteiger partial charge in [-0.1, -0.05) is 22.0 Å². The summed E-state index contributed by atoms with van der Waals surface area (Å²) in [5, 5.41) is 20.2. The maximum Gasteiger partial charge on any atom is 0.328 e. The van der Waals surface area contributed by atoms with Gasteiger partial charge >= 0.3 is 5.97 Å². The summed E-state index contributed by atoms with van der Waals surface area (Å²) in [5.74, 6) is -1.44. The van der Waals surface area contributed by atoms with Gasteiger partial charge in [0.05, 0.1) is 6.10 Å². The molecule has 0 saturated carbocycles. The fourth-order valence-corrected chi connectivity index (χ4v) is 1.69. The molecule has 0 aliphatic heterocycles. The zero-order valence-corrected chi connectivity index (χ0v) is 11.8. The van der Waals surface area contributed by atoms with E-state index in [0.29, 0.717) is 5.75 Å². The van der Waals surface area contributed by atoms with E-state index in [1.165, 1.54) is 6.92 Å². The van der Waals surface area contributed by atoms with Crippen LogP contribution in [0.5, 0.6) is 5.75 Å². The number of ether oxygens (including phenoxy) is 1. The van der Waals surface area contributed by atoms with Crippen molar-refractivity contribution in [2.24, 2.45) is 0 Å². The van der Waals surface area contributed by atoms with E-state index in [1.54, 1.807) is 24.3 Å². The van der Waals surface area contributed by atoms with Gasteiger partial charge in [-0.15, -0.1) is 0 Å². The summed E-state index contributed by atoms with van der Waals surface area (Å²) < 4.78 is 6.00. The highest BCUT2D eigenvalue weighted by Gasteiger charge is 2.24. The van der Waals surface area contributed by atoms with Crippen LogP contribution in [0, 0.1) is 0 Å². The maximum absolute atomic E-state index is 11.5. The van der Waals surface area contributed by atoms with Crippen molar-refractivity contribution in [3.8, 4) is 5.75 Å². The Balaban J connectivity index is 2.49. The largest absolute Gasteiger partial charge is 0.484 e. The average molecular weight is 332 g/mol. The van der Waals surface area contributed by atoms with E-state index in [2.05, 4.69) is 21.2 Å². The number of aliphatic hydroxyl groups excluding tert-OH is 1. The summed E-state index contributed by atoms with van der Waals surface area (Å²) in [6.07, 6.45) is -1.19. The number of hydrogen-bond donors (Lipinski definition) is 3. The van der Waals surface area contributed by atoms with Gasteiger partial charge in [0.25, 0.3) is 5.91 Å². The molecule has 1 aromatic carbocycles. The van der Waals surface area contributed by atoms with Crippen molar-refractivity contribution in [1.82, 2.24) is 5.32 Å². The predicted octanol–water partition coefficient (Wildman–Crippen LogP) is 0.778. The quantitative estimate of drug-likeness (QED) is 0.715. The van der Waals surface area contributed by atoms with Gasteiger partial charge in [0.2, 0.25) is 0 Å². The first-order valence-electron chi connectivity index (χ1n) is 5.48. The van der Waals surface area contributed by atoms with Crippen molar-refractivity contribution in [3.63, 3.8) is 0 Å². The molecule has 1 aromatic rings. The molecule has 7 heteroatoms. The maximum atomic E-state index is 11.5. The smallest absolute Gasteiger partial charge is 0.328 e. The van der Waals surface area contributed by atoms with Crippen LogP contribution in [0.1, 0.15) is 6.92 Å². The number of carbonyl (C=O) groups excluding carboxylic acids is 1. The second-order valence-corrected chi connectivity index (χ2v) is 4.79. The molecule has 19 heavy (non-hydrogen) atoms. The Hall–Kier alpha value is -1.60. The summed E-state index contributed by atoms with van der Waals surface area (Å²) >= 11 is 3.26. The van der Waals surface area contributed by atoms with Crippen LogP contribution in [0.4, 0.5) is 0 Å². The molecule has 0 heterocycles. The highest BCUT2D eigenvalue weighted by Crippen LogP contribution is 2.17. The average Bonchev–Trinajstić information content (AvgIpc) is 2.32. The zero-order chi connectivity index (χ0) is 14.4. The number of hydrogen-bond acceptors (Lipinski definition) is 4. The van der Waals surface area contributed by atoms with E-state index in [4.69, 9.17) is 9.84 Å². The third-order valence-corrected chi connectivity index (χ3v) is 2.72. The van der Waals surface area contributed by atoms with Crippen molar-refractivity contribution >= 4 is 27.8 Å². The Kier molecular flexibility index (Phi) is 5.78. The summed E-state index contributed by atoms with van der Waals surface area (Å²) in [6, 6.07) is 5.55. The first-order chi connectivity index (χ1) is 8.90. The van der Waals surface area contributed by atoms with Crippen LogP contribution in [0.3, 0.4) is 0 Å². The first-order valence-corrected chi connectivity index (χ1v) is 6.28. The van der Waals surface area contributed by atoms with Gasteiger partial charge in [-0.25, -0.2) is 4.79 Å².